The molecule has 0 saturated carbocycles. The zero-order valence-electron chi connectivity index (χ0n) is 9.23. The number of carbonyl (C=O) groups excluding carboxylic acids is 1. The number of hydrogen-bond donors (Lipinski definition) is 3. The number of carbonyl (C=O) groups is 3. The van der Waals surface area contributed by atoms with Gasteiger partial charge in [-0.15, -0.1) is 0 Å². The molecule has 0 saturated heterocycles. The smallest absolute Gasteiger partial charge is 0.332 e. The molecular weight excluding hydrogens is 214 g/mol. The molecule has 0 aliphatic carbocycles. The van der Waals surface area contributed by atoms with Crippen molar-refractivity contribution in [3.63, 3.8) is 0 Å². The maximum Gasteiger partial charge on any atom is 0.332 e. The highest BCUT2D eigenvalue weighted by atomic mass is 16.4. The molecule has 1 atom stereocenters. The summed E-state index contributed by atoms with van der Waals surface area (Å²) >= 11 is 0. The van der Waals surface area contributed by atoms with Gasteiger partial charge in [-0.1, -0.05) is 19.8 Å². The maximum absolute atomic E-state index is 11.5. The summed E-state index contributed by atoms with van der Waals surface area (Å²) in [6, 6.07) is 0. The number of unbranched alkanes of at least 4 members (excludes halogenated alkanes) is 2. The molecule has 0 aliphatic heterocycles. The molecule has 0 heterocycles. The van der Waals surface area contributed by atoms with Crippen molar-refractivity contribution in [1.29, 1.82) is 0 Å². The quantitative estimate of drug-likeness (QED) is 0.411. The lowest BCUT2D eigenvalue weighted by atomic mass is 9.88. The first-order chi connectivity index (χ1) is 7.34. The van der Waals surface area contributed by atoms with Crippen LogP contribution < -0.4 is 5.73 Å². The van der Waals surface area contributed by atoms with Gasteiger partial charge in [0.1, 0.15) is 0 Å². The van der Waals surface area contributed by atoms with Gasteiger partial charge in [0.25, 0.3) is 0 Å². The summed E-state index contributed by atoms with van der Waals surface area (Å²) in [6.45, 7) is 1.94. The third kappa shape index (κ3) is 3.98. The third-order valence-electron chi connectivity index (χ3n) is 2.32. The van der Waals surface area contributed by atoms with E-state index in [0.29, 0.717) is 6.42 Å². The summed E-state index contributed by atoms with van der Waals surface area (Å²) in [7, 11) is 0. The van der Waals surface area contributed by atoms with E-state index in [2.05, 4.69) is 0 Å². The van der Waals surface area contributed by atoms with Crippen LogP contribution in [0.3, 0.4) is 0 Å². The predicted molar refractivity (Wildman–Crippen MR) is 56.0 cm³/mol. The van der Waals surface area contributed by atoms with E-state index in [9.17, 15) is 14.4 Å². The molecule has 0 aromatic rings. The molecule has 6 nitrogen and oxygen atoms in total. The normalized spacial score (nSPS) is 14.1. The van der Waals surface area contributed by atoms with Crippen LogP contribution in [0.2, 0.25) is 0 Å². The van der Waals surface area contributed by atoms with Crippen molar-refractivity contribution in [2.24, 2.45) is 5.73 Å². The molecule has 1 unspecified atom stereocenters. The molecule has 16 heavy (non-hydrogen) atoms. The number of nitrogens with two attached hydrogens (primary N) is 1. The second-order valence-electron chi connectivity index (χ2n) is 3.73. The van der Waals surface area contributed by atoms with Gasteiger partial charge >= 0.3 is 11.9 Å². The number of carboxylic acids is 2. The zero-order valence-corrected chi connectivity index (χ0v) is 9.23. The van der Waals surface area contributed by atoms with Crippen LogP contribution in [0.25, 0.3) is 0 Å². The van der Waals surface area contributed by atoms with Crippen LogP contribution in [0, 0.1) is 0 Å². The lowest BCUT2D eigenvalue weighted by Crippen LogP contribution is -2.56. The monoisotopic (exact) mass is 231 g/mol. The zero-order chi connectivity index (χ0) is 12.8. The average Bonchev–Trinajstić information content (AvgIpc) is 2.16. The van der Waals surface area contributed by atoms with E-state index in [1.54, 1.807) is 0 Å². The molecular formula is C10H17NO5. The summed E-state index contributed by atoms with van der Waals surface area (Å²) in [5.74, 6) is -3.71. The minimum absolute atomic E-state index is 0.00389. The van der Waals surface area contributed by atoms with Gasteiger partial charge in [0.2, 0.25) is 0 Å². The van der Waals surface area contributed by atoms with Crippen LogP contribution in [0.15, 0.2) is 0 Å². The van der Waals surface area contributed by atoms with Crippen molar-refractivity contribution in [1.82, 2.24) is 0 Å². The minimum atomic E-state index is -2.29. The SMILES string of the molecule is CCCCCC(=O)C(N)(CC(=O)O)C(=O)O. The molecule has 0 aromatic carbocycles. The molecule has 0 fully saturated rings. The Morgan fingerprint density at radius 3 is 2.12 bits per heavy atom. The number of hydrogen-bond acceptors (Lipinski definition) is 4. The largest absolute Gasteiger partial charge is 0.481 e. The highest BCUT2D eigenvalue weighted by Gasteiger charge is 2.43. The summed E-state index contributed by atoms with van der Waals surface area (Å²) < 4.78 is 0. The van der Waals surface area contributed by atoms with Gasteiger partial charge in [0.05, 0.1) is 6.42 Å². The Bertz CT molecular complexity index is 289. The van der Waals surface area contributed by atoms with Gasteiger partial charge in [-0.3, -0.25) is 9.59 Å². The summed E-state index contributed by atoms with van der Waals surface area (Å²) in [5.41, 5.74) is 3.05. The fourth-order valence-corrected chi connectivity index (χ4v) is 1.29. The Kier molecular flexibility index (Phi) is 5.66. The van der Waals surface area contributed by atoms with Gasteiger partial charge in [-0.25, -0.2) is 4.79 Å². The van der Waals surface area contributed by atoms with E-state index in [1.165, 1.54) is 0 Å². The highest BCUT2D eigenvalue weighted by molar-refractivity contribution is 6.09. The van der Waals surface area contributed by atoms with E-state index in [-0.39, 0.29) is 6.42 Å². The molecule has 0 aliphatic rings. The standard InChI is InChI=1S/C10H17NO5/c1-2-3-4-5-7(12)10(11,9(15)16)6-8(13)14/h2-6,11H2,1H3,(H,13,14)(H,15,16). The number of Topliss-reactive ketones (excluding diaryl/α,β-unsaturated/α-hetero) is 1. The molecule has 0 amide bonds. The van der Waals surface area contributed by atoms with Crippen molar-refractivity contribution < 1.29 is 24.6 Å². The van der Waals surface area contributed by atoms with Gasteiger partial charge in [0, 0.05) is 6.42 Å². The molecule has 6 heteroatoms. The van der Waals surface area contributed by atoms with Crippen molar-refractivity contribution in [2.75, 3.05) is 0 Å². The number of aliphatic carboxylic acids is 2. The van der Waals surface area contributed by atoms with Crippen LogP contribution in [-0.2, 0) is 14.4 Å². The number of rotatable bonds is 8. The molecule has 4 N–H and O–H groups in total. The van der Waals surface area contributed by atoms with Crippen LogP contribution in [0.4, 0.5) is 0 Å². The lowest BCUT2D eigenvalue weighted by Gasteiger charge is -2.20. The summed E-state index contributed by atoms with van der Waals surface area (Å²) in [6.07, 6.45) is 1.32. The maximum atomic E-state index is 11.5. The molecule has 0 bridgehead atoms. The van der Waals surface area contributed by atoms with Crippen molar-refractivity contribution in [3.8, 4) is 0 Å². The summed E-state index contributed by atoms with van der Waals surface area (Å²) in [4.78, 5) is 32.8. The predicted octanol–water partition coefficient (Wildman–Crippen LogP) is 0.393. The fraction of sp³-hybridized carbons (Fsp3) is 0.700. The van der Waals surface area contributed by atoms with E-state index in [0.717, 1.165) is 12.8 Å². The van der Waals surface area contributed by atoms with Crippen LogP contribution >= 0.6 is 0 Å². The first kappa shape index (κ1) is 14.6. The Morgan fingerprint density at radius 1 is 1.19 bits per heavy atom. The average molecular weight is 231 g/mol. The van der Waals surface area contributed by atoms with Crippen LogP contribution in [0.5, 0.6) is 0 Å². The third-order valence-corrected chi connectivity index (χ3v) is 2.32. The van der Waals surface area contributed by atoms with Crippen molar-refractivity contribution >= 4 is 17.7 Å². The van der Waals surface area contributed by atoms with Gasteiger partial charge in [-0.05, 0) is 6.42 Å². The highest BCUT2D eigenvalue weighted by Crippen LogP contribution is 2.14. The van der Waals surface area contributed by atoms with E-state index in [1.807, 2.05) is 6.92 Å². The second kappa shape index (κ2) is 6.22. The van der Waals surface area contributed by atoms with Gasteiger partial charge in [-0.2, -0.15) is 0 Å². The summed E-state index contributed by atoms with van der Waals surface area (Å²) in [5, 5.41) is 17.3. The Balaban J connectivity index is 4.58. The van der Waals surface area contributed by atoms with E-state index >= 15 is 0 Å². The molecule has 92 valence electrons. The molecule has 0 radical (unpaired) electrons. The van der Waals surface area contributed by atoms with Gasteiger partial charge in [0.15, 0.2) is 11.3 Å². The number of carboxylic acid groups (broad SMARTS) is 2. The minimum Gasteiger partial charge on any atom is -0.481 e. The topological polar surface area (TPSA) is 118 Å². The van der Waals surface area contributed by atoms with Crippen LogP contribution in [0.1, 0.15) is 39.0 Å². The second-order valence-corrected chi connectivity index (χ2v) is 3.73. The first-order valence-corrected chi connectivity index (χ1v) is 5.12. The van der Waals surface area contributed by atoms with Crippen molar-refractivity contribution in [3.05, 3.63) is 0 Å². The Morgan fingerprint density at radius 2 is 1.75 bits per heavy atom. The molecule has 0 aromatic heterocycles. The first-order valence-electron chi connectivity index (χ1n) is 5.12. The Labute approximate surface area is 93.4 Å². The molecule has 0 rings (SSSR count). The Hall–Kier alpha value is -1.43. The number of ketones is 1. The fourth-order valence-electron chi connectivity index (χ4n) is 1.29. The van der Waals surface area contributed by atoms with Gasteiger partial charge < -0.3 is 15.9 Å². The lowest BCUT2D eigenvalue weighted by molar-refractivity contribution is -0.154. The van der Waals surface area contributed by atoms with Crippen molar-refractivity contribution in [2.45, 2.75) is 44.6 Å². The van der Waals surface area contributed by atoms with Crippen LogP contribution in [-0.4, -0.2) is 33.5 Å². The van der Waals surface area contributed by atoms with E-state index < -0.39 is 29.7 Å². The molecule has 0 spiro atoms. The van der Waals surface area contributed by atoms with E-state index in [4.69, 9.17) is 15.9 Å².